The maximum Gasteiger partial charge on any atom is 0.222 e. The zero-order valence-corrected chi connectivity index (χ0v) is 18.9. The molecular weight excluding hydrogens is 420 g/mol. The molecule has 30 heavy (non-hydrogen) atoms. The average Bonchev–Trinajstić information content (AvgIpc) is 2.91. The highest BCUT2D eigenvalue weighted by Crippen LogP contribution is 2.40. The molecule has 1 aromatic carbocycles. The van der Waals surface area contributed by atoms with Crippen molar-refractivity contribution in [2.24, 2.45) is 16.5 Å². The van der Waals surface area contributed by atoms with Gasteiger partial charge in [0.25, 0.3) is 0 Å². The minimum Gasteiger partial charge on any atom is -0.355 e. The molecule has 0 aliphatic carbocycles. The van der Waals surface area contributed by atoms with Crippen molar-refractivity contribution in [2.45, 2.75) is 39.4 Å². The molecule has 0 spiro atoms. The lowest BCUT2D eigenvalue weighted by molar-refractivity contribution is -0.121. The molecule has 9 heteroatoms. The Morgan fingerprint density at radius 2 is 2.00 bits per heavy atom. The van der Waals surface area contributed by atoms with Gasteiger partial charge in [-0.25, -0.2) is 0 Å². The Labute approximate surface area is 185 Å². The Hall–Kier alpha value is -2.26. The highest BCUT2D eigenvalue weighted by atomic mass is 35.5. The van der Waals surface area contributed by atoms with Crippen LogP contribution in [-0.2, 0) is 4.79 Å². The molecule has 2 aromatic rings. The number of carbonyl (C=O) groups excluding carboxylic acids is 1. The maximum absolute atomic E-state index is 12.4. The fourth-order valence-corrected chi connectivity index (χ4v) is 4.89. The van der Waals surface area contributed by atoms with Gasteiger partial charge in [0.15, 0.2) is 0 Å². The van der Waals surface area contributed by atoms with Gasteiger partial charge in [0, 0.05) is 34.1 Å². The molecule has 1 aliphatic heterocycles. The second-order valence-corrected chi connectivity index (χ2v) is 8.94. The summed E-state index contributed by atoms with van der Waals surface area (Å²) < 4.78 is 0. The predicted molar refractivity (Wildman–Crippen MR) is 125 cm³/mol. The molecule has 7 nitrogen and oxygen atoms in total. The standard InChI is InChI=1S/C21H27ClN6OS/c1-11-12(2)30-21-18(11)19(14-4-6-15(22)7-5-14)27-16(10-17(29)26-9-8-23)20(25)28(21)13(3)24/h4-7,16,20,24H,8-10,23,25H2,1-3H3,(H,26,29)/t16-,20?/m0/s1. The van der Waals surface area contributed by atoms with E-state index in [-0.39, 0.29) is 12.3 Å². The first kappa shape index (κ1) is 22.4. The van der Waals surface area contributed by atoms with Crippen molar-refractivity contribution < 1.29 is 4.79 Å². The van der Waals surface area contributed by atoms with Crippen molar-refractivity contribution in [2.75, 3.05) is 18.0 Å². The minimum absolute atomic E-state index is 0.106. The van der Waals surface area contributed by atoms with Crippen LogP contribution in [0.3, 0.4) is 0 Å². The monoisotopic (exact) mass is 446 g/mol. The van der Waals surface area contributed by atoms with Gasteiger partial charge in [-0.2, -0.15) is 0 Å². The zero-order valence-electron chi connectivity index (χ0n) is 17.3. The first-order valence-corrected chi connectivity index (χ1v) is 10.9. The molecule has 1 aromatic heterocycles. The van der Waals surface area contributed by atoms with Crippen molar-refractivity contribution >= 4 is 45.4 Å². The summed E-state index contributed by atoms with van der Waals surface area (Å²) in [4.78, 5) is 20.3. The van der Waals surface area contributed by atoms with Crippen molar-refractivity contribution in [3.05, 3.63) is 50.9 Å². The van der Waals surface area contributed by atoms with Gasteiger partial charge in [-0.1, -0.05) is 23.7 Å². The number of aryl methyl sites for hydroxylation is 1. The first-order chi connectivity index (χ1) is 14.2. The molecule has 1 unspecified atom stereocenters. The first-order valence-electron chi connectivity index (χ1n) is 9.75. The SMILES string of the molecule is CC(=N)N1c2sc(C)c(C)c2C(c2ccc(Cl)cc2)=N[C@@H](CC(=O)NCCN)C1N. The Bertz CT molecular complexity index is 984. The van der Waals surface area contributed by atoms with E-state index in [2.05, 4.69) is 12.2 Å². The van der Waals surface area contributed by atoms with Crippen LogP contribution in [0, 0.1) is 19.3 Å². The number of hydrogen-bond donors (Lipinski definition) is 4. The van der Waals surface area contributed by atoms with E-state index in [4.69, 9.17) is 33.5 Å². The topological polar surface area (TPSA) is 121 Å². The number of nitrogens with two attached hydrogens (primary N) is 2. The summed E-state index contributed by atoms with van der Waals surface area (Å²) in [6, 6.07) is 6.94. The Balaban J connectivity index is 2.17. The molecule has 2 heterocycles. The minimum atomic E-state index is -0.646. The van der Waals surface area contributed by atoms with E-state index in [1.54, 1.807) is 23.2 Å². The van der Waals surface area contributed by atoms with E-state index in [0.29, 0.717) is 23.9 Å². The van der Waals surface area contributed by atoms with E-state index in [1.807, 2.05) is 31.2 Å². The molecule has 0 saturated carbocycles. The molecular formula is C21H27ClN6OS. The number of amides is 1. The van der Waals surface area contributed by atoms with Crippen LogP contribution in [0.1, 0.15) is 34.9 Å². The fourth-order valence-electron chi connectivity index (χ4n) is 3.51. The lowest BCUT2D eigenvalue weighted by Gasteiger charge is -2.31. The summed E-state index contributed by atoms with van der Waals surface area (Å²) >= 11 is 7.68. The van der Waals surface area contributed by atoms with Crippen molar-refractivity contribution in [1.82, 2.24) is 5.32 Å². The molecule has 2 atom stereocenters. The summed E-state index contributed by atoms with van der Waals surface area (Å²) in [5.74, 6) is 0.144. The molecule has 6 N–H and O–H groups in total. The number of hydrogen-bond acceptors (Lipinski definition) is 6. The number of aliphatic imine (C=N–C) groups is 1. The molecule has 3 rings (SSSR count). The van der Waals surface area contributed by atoms with Crippen LogP contribution < -0.4 is 21.7 Å². The number of anilines is 1. The van der Waals surface area contributed by atoms with Crippen LogP contribution in [0.2, 0.25) is 5.02 Å². The Kier molecular flexibility index (Phi) is 6.92. The van der Waals surface area contributed by atoms with Crippen LogP contribution >= 0.6 is 22.9 Å². The quantitative estimate of drug-likeness (QED) is 0.416. The number of nitrogens with one attached hydrogen (secondary N) is 2. The van der Waals surface area contributed by atoms with Gasteiger partial charge in [-0.05, 0) is 38.5 Å². The van der Waals surface area contributed by atoms with Gasteiger partial charge in [0.05, 0.1) is 24.0 Å². The molecule has 0 bridgehead atoms. The Morgan fingerprint density at radius 1 is 1.33 bits per heavy atom. The largest absolute Gasteiger partial charge is 0.355 e. The summed E-state index contributed by atoms with van der Waals surface area (Å²) in [5, 5.41) is 12.7. The number of benzene rings is 1. The number of carbonyl (C=O) groups is 1. The van der Waals surface area contributed by atoms with Crippen LogP contribution in [0.5, 0.6) is 0 Å². The zero-order chi connectivity index (χ0) is 22.0. The van der Waals surface area contributed by atoms with Crippen molar-refractivity contribution in [1.29, 1.82) is 5.41 Å². The van der Waals surface area contributed by atoms with Gasteiger partial charge >= 0.3 is 0 Å². The van der Waals surface area contributed by atoms with Crippen molar-refractivity contribution in [3.63, 3.8) is 0 Å². The van der Waals surface area contributed by atoms with E-state index in [9.17, 15) is 4.79 Å². The second-order valence-electron chi connectivity index (χ2n) is 7.30. The molecule has 1 aliphatic rings. The van der Waals surface area contributed by atoms with Gasteiger partial charge in [-0.3, -0.25) is 15.2 Å². The van der Waals surface area contributed by atoms with E-state index < -0.39 is 12.2 Å². The lowest BCUT2D eigenvalue weighted by atomic mass is 9.99. The number of halogens is 1. The highest BCUT2D eigenvalue weighted by Gasteiger charge is 2.36. The van der Waals surface area contributed by atoms with Gasteiger partial charge in [0.1, 0.15) is 11.2 Å². The highest BCUT2D eigenvalue weighted by molar-refractivity contribution is 7.17. The maximum atomic E-state index is 12.4. The van der Waals surface area contributed by atoms with Crippen LogP contribution in [0.4, 0.5) is 5.00 Å². The smallest absolute Gasteiger partial charge is 0.222 e. The van der Waals surface area contributed by atoms with Gasteiger partial charge in [-0.15, -0.1) is 11.3 Å². The Morgan fingerprint density at radius 3 is 2.60 bits per heavy atom. The number of rotatable bonds is 5. The summed E-state index contributed by atoms with van der Waals surface area (Å²) in [7, 11) is 0. The van der Waals surface area contributed by atoms with Crippen LogP contribution in [0.25, 0.3) is 0 Å². The van der Waals surface area contributed by atoms with Crippen LogP contribution in [-0.4, -0.2) is 42.8 Å². The molecule has 0 fully saturated rings. The van der Waals surface area contributed by atoms with E-state index in [0.717, 1.165) is 32.3 Å². The van der Waals surface area contributed by atoms with Crippen molar-refractivity contribution in [3.8, 4) is 0 Å². The summed E-state index contributed by atoms with van der Waals surface area (Å²) in [6.07, 6.45) is -0.540. The third-order valence-electron chi connectivity index (χ3n) is 5.15. The third-order valence-corrected chi connectivity index (χ3v) is 6.61. The average molecular weight is 447 g/mol. The van der Waals surface area contributed by atoms with Gasteiger partial charge in [0.2, 0.25) is 5.91 Å². The van der Waals surface area contributed by atoms with Crippen LogP contribution in [0.15, 0.2) is 29.3 Å². The summed E-state index contributed by atoms with van der Waals surface area (Å²) in [6.45, 7) is 6.56. The number of thiophene rings is 1. The van der Waals surface area contributed by atoms with E-state index >= 15 is 0 Å². The second kappa shape index (κ2) is 9.26. The molecule has 160 valence electrons. The number of amidine groups is 1. The van der Waals surface area contributed by atoms with E-state index in [1.165, 1.54) is 0 Å². The summed E-state index contributed by atoms with van der Waals surface area (Å²) in [5.41, 5.74) is 15.8. The third kappa shape index (κ3) is 4.41. The molecule has 0 radical (unpaired) electrons. The molecule has 1 amide bonds. The number of fused-ring (bicyclic) bond motifs is 1. The normalized spacial score (nSPS) is 18.5. The molecule has 0 saturated heterocycles. The predicted octanol–water partition coefficient (Wildman–Crippen LogP) is 2.79. The number of nitrogens with zero attached hydrogens (tertiary/aromatic N) is 2. The van der Waals surface area contributed by atoms with Gasteiger partial charge < -0.3 is 21.7 Å². The fraction of sp³-hybridized carbons (Fsp3) is 0.381. The lowest BCUT2D eigenvalue weighted by Crippen LogP contribution is -2.52.